The Morgan fingerprint density at radius 1 is 0.943 bits per heavy atom. The van der Waals surface area contributed by atoms with Crippen molar-refractivity contribution in [1.29, 1.82) is 0 Å². The van der Waals surface area contributed by atoms with Crippen molar-refractivity contribution in [3.05, 3.63) is 94.5 Å². The fourth-order valence-electron chi connectivity index (χ4n) is 3.42. The first-order valence-corrected chi connectivity index (χ1v) is 11.8. The van der Waals surface area contributed by atoms with Crippen molar-refractivity contribution in [1.82, 2.24) is 0 Å². The number of aromatic hydroxyl groups is 1. The summed E-state index contributed by atoms with van der Waals surface area (Å²) in [6, 6.07) is 20.2. The highest BCUT2D eigenvalue weighted by Crippen LogP contribution is 2.39. The van der Waals surface area contributed by atoms with Gasteiger partial charge in [-0.25, -0.2) is 9.69 Å². The number of hydrogen-bond donors (Lipinski definition) is 2. The summed E-state index contributed by atoms with van der Waals surface area (Å²) in [7, 11) is 0. The van der Waals surface area contributed by atoms with E-state index >= 15 is 0 Å². The maximum Gasteiger partial charge on any atom is 0.338 e. The molecular formula is C27H24N2O5S. The average molecular weight is 489 g/mol. The number of hydrogen-bond acceptors (Lipinski definition) is 7. The van der Waals surface area contributed by atoms with Crippen LogP contribution in [0.2, 0.25) is 0 Å². The van der Waals surface area contributed by atoms with Crippen molar-refractivity contribution < 1.29 is 24.2 Å². The Bertz CT molecular complexity index is 1310. The molecule has 3 aromatic carbocycles. The minimum Gasteiger partial charge on any atom is -0.506 e. The molecule has 2 N–H and O–H groups in total. The Hall–Kier alpha value is -4.04. The summed E-state index contributed by atoms with van der Waals surface area (Å²) < 4.78 is 5.20. The minimum absolute atomic E-state index is 0.0496. The Balaban J connectivity index is 1.68. The van der Waals surface area contributed by atoms with Crippen LogP contribution >= 0.6 is 11.8 Å². The molecule has 3 aromatic rings. The number of phenols is 1. The van der Waals surface area contributed by atoms with Crippen LogP contribution in [0, 0.1) is 6.92 Å². The predicted octanol–water partition coefficient (Wildman–Crippen LogP) is 5.26. The molecular weight excluding hydrogens is 464 g/mol. The second-order valence-corrected chi connectivity index (χ2v) is 9.29. The molecule has 0 aromatic heterocycles. The van der Waals surface area contributed by atoms with Gasteiger partial charge in [0.2, 0.25) is 0 Å². The van der Waals surface area contributed by atoms with Gasteiger partial charge in [-0.3, -0.25) is 9.59 Å². The molecule has 0 bridgehead atoms. The standard InChI is InChI=1S/C27H24N2O5S/c1-16(2)34-27(33)18-10-12-19(13-11-18)29-25(31)23(28-21-6-4-5-7-22(21)30)24(26(29)32)35-20-14-8-17(3)9-15-20/h4-16,28,30H,1-3H3. The Morgan fingerprint density at radius 2 is 1.60 bits per heavy atom. The normalized spacial score (nSPS) is 13.5. The van der Waals surface area contributed by atoms with Gasteiger partial charge in [-0.15, -0.1) is 0 Å². The zero-order valence-corrected chi connectivity index (χ0v) is 20.3. The third-order valence-electron chi connectivity index (χ3n) is 5.15. The molecule has 8 heteroatoms. The molecule has 0 atom stereocenters. The molecule has 178 valence electrons. The molecule has 0 spiro atoms. The van der Waals surface area contributed by atoms with Crippen LogP contribution < -0.4 is 10.2 Å². The number of nitrogens with zero attached hydrogens (tertiary/aromatic N) is 1. The van der Waals surface area contributed by atoms with E-state index in [0.29, 0.717) is 16.9 Å². The van der Waals surface area contributed by atoms with Crippen LogP contribution in [-0.2, 0) is 14.3 Å². The maximum atomic E-state index is 13.5. The van der Waals surface area contributed by atoms with E-state index in [0.717, 1.165) is 15.4 Å². The minimum atomic E-state index is -0.564. The van der Waals surface area contributed by atoms with Gasteiger partial charge >= 0.3 is 5.97 Å². The number of phenolic OH excluding ortho intramolecular Hbond substituents is 1. The van der Waals surface area contributed by atoms with Crippen molar-refractivity contribution in [3.8, 4) is 5.75 Å². The molecule has 2 amide bonds. The van der Waals surface area contributed by atoms with Crippen molar-refractivity contribution in [2.45, 2.75) is 31.8 Å². The number of nitrogens with one attached hydrogen (secondary N) is 1. The van der Waals surface area contributed by atoms with E-state index in [-0.39, 0.29) is 22.5 Å². The lowest BCUT2D eigenvalue weighted by Gasteiger charge is -2.16. The molecule has 0 saturated heterocycles. The monoisotopic (exact) mass is 488 g/mol. The number of rotatable bonds is 7. The zero-order valence-electron chi connectivity index (χ0n) is 19.4. The van der Waals surface area contributed by atoms with Crippen LogP contribution in [0.25, 0.3) is 0 Å². The van der Waals surface area contributed by atoms with Crippen molar-refractivity contribution in [2.75, 3.05) is 10.2 Å². The third-order valence-corrected chi connectivity index (χ3v) is 6.24. The molecule has 0 fully saturated rings. The van der Waals surface area contributed by atoms with E-state index in [4.69, 9.17) is 4.74 Å². The van der Waals surface area contributed by atoms with Gasteiger partial charge in [0.05, 0.1) is 23.0 Å². The van der Waals surface area contributed by atoms with Gasteiger partial charge < -0.3 is 15.2 Å². The molecule has 0 radical (unpaired) electrons. The summed E-state index contributed by atoms with van der Waals surface area (Å²) in [5, 5.41) is 13.2. The Kier molecular flexibility index (Phi) is 6.93. The van der Waals surface area contributed by atoms with Gasteiger partial charge in [0.1, 0.15) is 16.4 Å². The Labute approximate surface area is 207 Å². The van der Waals surface area contributed by atoms with Crippen LogP contribution in [0.5, 0.6) is 5.75 Å². The molecule has 0 unspecified atom stereocenters. The SMILES string of the molecule is Cc1ccc(SC2=C(Nc3ccccc3O)C(=O)N(c3ccc(C(=O)OC(C)C)cc3)C2=O)cc1. The van der Waals surface area contributed by atoms with Crippen LogP contribution in [-0.4, -0.2) is 29.0 Å². The first-order chi connectivity index (χ1) is 16.7. The molecule has 1 aliphatic rings. The number of carbonyl (C=O) groups is 3. The summed E-state index contributed by atoms with van der Waals surface area (Å²) >= 11 is 1.17. The number of anilines is 2. The second kappa shape index (κ2) is 10.1. The van der Waals surface area contributed by atoms with Crippen LogP contribution in [0.4, 0.5) is 11.4 Å². The van der Waals surface area contributed by atoms with E-state index in [9.17, 15) is 19.5 Å². The van der Waals surface area contributed by atoms with Crippen LogP contribution in [0.1, 0.15) is 29.8 Å². The van der Waals surface area contributed by atoms with Gasteiger partial charge in [0, 0.05) is 4.90 Å². The summed E-state index contributed by atoms with van der Waals surface area (Å²) in [5.41, 5.74) is 2.07. The fourth-order valence-corrected chi connectivity index (χ4v) is 4.34. The smallest absolute Gasteiger partial charge is 0.338 e. The molecule has 7 nitrogen and oxygen atoms in total. The van der Waals surface area contributed by atoms with E-state index in [2.05, 4.69) is 5.32 Å². The molecule has 0 saturated carbocycles. The third kappa shape index (κ3) is 5.22. The summed E-state index contributed by atoms with van der Waals surface area (Å²) in [6.45, 7) is 5.48. The van der Waals surface area contributed by atoms with Gasteiger partial charge in [0.15, 0.2) is 0 Å². The number of imide groups is 1. The van der Waals surface area contributed by atoms with Gasteiger partial charge in [-0.1, -0.05) is 41.6 Å². The first kappa shape index (κ1) is 24.1. The molecule has 1 heterocycles. The van der Waals surface area contributed by atoms with Gasteiger partial charge in [0.25, 0.3) is 11.8 Å². The van der Waals surface area contributed by atoms with E-state index in [1.807, 2.05) is 31.2 Å². The predicted molar refractivity (Wildman–Crippen MR) is 135 cm³/mol. The van der Waals surface area contributed by atoms with E-state index in [1.165, 1.54) is 42.1 Å². The summed E-state index contributed by atoms with van der Waals surface area (Å²) in [5.74, 6) is -1.60. The summed E-state index contributed by atoms with van der Waals surface area (Å²) in [4.78, 5) is 41.1. The van der Waals surface area contributed by atoms with Gasteiger partial charge in [-0.05, 0) is 69.3 Å². The highest BCUT2D eigenvalue weighted by Gasteiger charge is 2.40. The molecule has 1 aliphatic heterocycles. The van der Waals surface area contributed by atoms with E-state index in [1.54, 1.807) is 32.0 Å². The van der Waals surface area contributed by atoms with Crippen molar-refractivity contribution in [2.24, 2.45) is 0 Å². The quantitative estimate of drug-likeness (QED) is 0.266. The lowest BCUT2D eigenvalue weighted by Crippen LogP contribution is -2.32. The van der Waals surface area contributed by atoms with Crippen molar-refractivity contribution in [3.63, 3.8) is 0 Å². The van der Waals surface area contributed by atoms with Gasteiger partial charge in [-0.2, -0.15) is 0 Å². The highest BCUT2D eigenvalue weighted by atomic mass is 32.2. The largest absolute Gasteiger partial charge is 0.506 e. The van der Waals surface area contributed by atoms with Crippen LogP contribution in [0.15, 0.2) is 88.3 Å². The second-order valence-electron chi connectivity index (χ2n) is 8.21. The van der Waals surface area contributed by atoms with Crippen molar-refractivity contribution >= 4 is 40.9 Å². The summed E-state index contributed by atoms with van der Waals surface area (Å²) in [6.07, 6.45) is -0.266. The fraction of sp³-hybridized carbons (Fsp3) is 0.148. The lowest BCUT2D eigenvalue weighted by atomic mass is 10.2. The molecule has 0 aliphatic carbocycles. The highest BCUT2D eigenvalue weighted by molar-refractivity contribution is 8.04. The van der Waals surface area contributed by atoms with Crippen LogP contribution in [0.3, 0.4) is 0 Å². The Morgan fingerprint density at radius 3 is 2.23 bits per heavy atom. The lowest BCUT2D eigenvalue weighted by molar-refractivity contribution is -0.120. The number of benzene rings is 3. The van der Waals surface area contributed by atoms with E-state index < -0.39 is 17.8 Å². The number of aryl methyl sites for hydroxylation is 1. The number of amides is 2. The number of carbonyl (C=O) groups excluding carboxylic acids is 3. The molecule has 4 rings (SSSR count). The number of ether oxygens (including phenoxy) is 1. The number of thioether (sulfide) groups is 1. The maximum absolute atomic E-state index is 13.5. The number of esters is 1. The average Bonchev–Trinajstić information content (AvgIpc) is 3.05. The first-order valence-electron chi connectivity index (χ1n) is 11.0. The zero-order chi connectivity index (χ0) is 25.1. The molecule has 35 heavy (non-hydrogen) atoms. The number of para-hydroxylation sites is 2. The topological polar surface area (TPSA) is 95.9 Å².